The van der Waals surface area contributed by atoms with Crippen LogP contribution in [0.5, 0.6) is 0 Å². The first kappa shape index (κ1) is 26.3. The molecule has 2 aromatic heterocycles. The fourth-order valence-electron chi connectivity index (χ4n) is 3.19. The van der Waals surface area contributed by atoms with Gasteiger partial charge in [-0.1, -0.05) is 69.8 Å². The molecule has 0 spiro atoms. The van der Waals surface area contributed by atoms with Crippen molar-refractivity contribution in [2.45, 2.75) is 76.1 Å². The SMILES string of the molecule is CCCCCCCCC/C=C/C=C/[C@@H](SCCC(=O)O)[C@@H](O)c1csc(-c2nnn[nH]2)c1. The van der Waals surface area contributed by atoms with Crippen LogP contribution in [0.25, 0.3) is 10.7 Å². The van der Waals surface area contributed by atoms with Crippen LogP contribution in [0, 0.1) is 0 Å². The fourth-order valence-corrected chi connectivity index (χ4v) is 5.16. The zero-order valence-electron chi connectivity index (χ0n) is 18.7. The summed E-state index contributed by atoms with van der Waals surface area (Å²) in [6.07, 6.45) is 17.5. The van der Waals surface area contributed by atoms with Crippen LogP contribution in [-0.4, -0.2) is 47.8 Å². The molecule has 32 heavy (non-hydrogen) atoms. The predicted molar refractivity (Wildman–Crippen MR) is 132 cm³/mol. The van der Waals surface area contributed by atoms with E-state index in [4.69, 9.17) is 5.11 Å². The molecule has 0 fully saturated rings. The van der Waals surface area contributed by atoms with E-state index in [1.54, 1.807) is 0 Å². The first-order valence-corrected chi connectivity index (χ1v) is 13.2. The molecule has 0 amide bonds. The van der Waals surface area contributed by atoms with E-state index in [1.165, 1.54) is 68.0 Å². The molecule has 0 bridgehead atoms. The number of allylic oxidation sites excluding steroid dienone is 3. The molecule has 0 aromatic carbocycles. The molecule has 9 heteroatoms. The number of tetrazole rings is 1. The van der Waals surface area contributed by atoms with Gasteiger partial charge in [0.15, 0.2) is 5.82 Å². The third-order valence-electron chi connectivity index (χ3n) is 5.00. The fraction of sp³-hybridized carbons (Fsp3) is 0.565. The molecule has 2 atom stereocenters. The van der Waals surface area contributed by atoms with Gasteiger partial charge in [-0.15, -0.1) is 16.4 Å². The highest BCUT2D eigenvalue weighted by Gasteiger charge is 2.21. The number of hydrogen-bond acceptors (Lipinski definition) is 7. The van der Waals surface area contributed by atoms with Crippen LogP contribution in [0.15, 0.2) is 35.8 Å². The number of hydrogen-bond donors (Lipinski definition) is 3. The van der Waals surface area contributed by atoms with Crippen molar-refractivity contribution in [3.63, 3.8) is 0 Å². The number of aliphatic hydroxyl groups is 1. The Morgan fingerprint density at radius 1 is 1.22 bits per heavy atom. The number of nitrogens with one attached hydrogen (secondary N) is 1. The van der Waals surface area contributed by atoms with Crippen molar-refractivity contribution >= 4 is 29.1 Å². The monoisotopic (exact) mass is 478 g/mol. The summed E-state index contributed by atoms with van der Waals surface area (Å²) in [7, 11) is 0. The van der Waals surface area contributed by atoms with Gasteiger partial charge in [-0.3, -0.25) is 4.79 Å². The average Bonchev–Trinajstić information content (AvgIpc) is 3.47. The Hall–Kier alpha value is -1.97. The normalized spacial score (nSPS) is 13.8. The lowest BCUT2D eigenvalue weighted by molar-refractivity contribution is -0.136. The molecule has 0 saturated heterocycles. The van der Waals surface area contributed by atoms with Crippen molar-refractivity contribution in [1.29, 1.82) is 0 Å². The molecule has 0 aliphatic carbocycles. The van der Waals surface area contributed by atoms with Crippen LogP contribution >= 0.6 is 23.1 Å². The van der Waals surface area contributed by atoms with Gasteiger partial charge in [0.25, 0.3) is 0 Å². The minimum Gasteiger partial charge on any atom is -0.481 e. The van der Waals surface area contributed by atoms with Gasteiger partial charge in [0, 0.05) is 5.75 Å². The summed E-state index contributed by atoms with van der Waals surface area (Å²) in [5.74, 6) is 0.166. The standard InChI is InChI=1S/C23H34N4O3S2/c1-2-3-4-5-6-7-8-9-10-11-12-13-19(31-15-14-21(28)29)22(30)18-16-20(32-17-18)23-24-26-27-25-23/h10-13,16-17,19,22,30H,2-9,14-15H2,1H3,(H,28,29)(H,24,25,26,27)/b11-10+,13-12+/t19-,22+/m1/s1. The number of thioether (sulfide) groups is 1. The van der Waals surface area contributed by atoms with Gasteiger partial charge in [0.05, 0.1) is 22.7 Å². The molecule has 2 aromatic rings. The van der Waals surface area contributed by atoms with E-state index >= 15 is 0 Å². The largest absolute Gasteiger partial charge is 0.481 e. The van der Waals surface area contributed by atoms with Gasteiger partial charge in [-0.05, 0) is 40.3 Å². The Morgan fingerprint density at radius 2 is 2.00 bits per heavy atom. The van der Waals surface area contributed by atoms with Crippen LogP contribution < -0.4 is 0 Å². The third-order valence-corrected chi connectivity index (χ3v) is 7.19. The number of aliphatic carboxylic acids is 1. The van der Waals surface area contributed by atoms with Crippen LogP contribution in [0.4, 0.5) is 0 Å². The van der Waals surface area contributed by atoms with Crippen LogP contribution in [0.3, 0.4) is 0 Å². The second-order valence-corrected chi connectivity index (χ2v) is 9.84. The Balaban J connectivity index is 1.85. The van der Waals surface area contributed by atoms with Crippen molar-refractivity contribution in [3.05, 3.63) is 41.3 Å². The van der Waals surface area contributed by atoms with E-state index in [9.17, 15) is 9.90 Å². The van der Waals surface area contributed by atoms with Crippen molar-refractivity contribution in [1.82, 2.24) is 20.6 Å². The van der Waals surface area contributed by atoms with Crippen LogP contribution in [0.1, 0.15) is 76.4 Å². The quantitative estimate of drug-likeness (QED) is 0.195. The maximum absolute atomic E-state index is 10.9. The molecule has 3 N–H and O–H groups in total. The lowest BCUT2D eigenvalue weighted by atomic mass is 10.1. The molecule has 0 radical (unpaired) electrons. The van der Waals surface area contributed by atoms with Gasteiger partial charge in [-0.25, -0.2) is 5.10 Å². The molecular weight excluding hydrogens is 444 g/mol. The number of rotatable bonds is 17. The number of carboxylic acid groups (broad SMARTS) is 1. The molecular formula is C23H34N4O3S2. The van der Waals surface area contributed by atoms with Crippen molar-refractivity contribution in [2.24, 2.45) is 0 Å². The van der Waals surface area contributed by atoms with E-state index in [0.717, 1.165) is 16.9 Å². The summed E-state index contributed by atoms with van der Waals surface area (Å²) < 4.78 is 0. The predicted octanol–water partition coefficient (Wildman–Crippen LogP) is 5.79. The Bertz CT molecular complexity index is 821. The zero-order valence-corrected chi connectivity index (χ0v) is 20.3. The molecule has 0 saturated carbocycles. The molecule has 0 unspecified atom stereocenters. The lowest BCUT2D eigenvalue weighted by Crippen LogP contribution is -2.13. The molecule has 2 heterocycles. The number of aromatic nitrogens is 4. The van der Waals surface area contributed by atoms with E-state index < -0.39 is 12.1 Å². The highest BCUT2D eigenvalue weighted by atomic mass is 32.2. The number of unbranched alkanes of at least 4 members (excludes halogenated alkanes) is 7. The van der Waals surface area contributed by atoms with Gasteiger partial charge >= 0.3 is 5.97 Å². The number of H-pyrrole nitrogens is 1. The van der Waals surface area contributed by atoms with Crippen LogP contribution in [0.2, 0.25) is 0 Å². The van der Waals surface area contributed by atoms with Crippen molar-refractivity contribution in [3.8, 4) is 10.7 Å². The summed E-state index contributed by atoms with van der Waals surface area (Å²) in [5, 5.41) is 35.3. The smallest absolute Gasteiger partial charge is 0.304 e. The number of aromatic amines is 1. The van der Waals surface area contributed by atoms with E-state index in [-0.39, 0.29) is 11.7 Å². The molecule has 176 valence electrons. The maximum atomic E-state index is 10.9. The molecule has 0 aliphatic heterocycles. The Labute approximate surface area is 198 Å². The van der Waals surface area contributed by atoms with Crippen molar-refractivity contribution in [2.75, 3.05) is 5.75 Å². The molecule has 2 rings (SSSR count). The number of carboxylic acids is 1. The second kappa shape index (κ2) is 15.8. The summed E-state index contributed by atoms with van der Waals surface area (Å²) in [6.45, 7) is 2.24. The van der Waals surface area contributed by atoms with Gasteiger partial charge in [0.2, 0.25) is 0 Å². The van der Waals surface area contributed by atoms with Crippen LogP contribution in [-0.2, 0) is 4.79 Å². The lowest BCUT2D eigenvalue weighted by Gasteiger charge is -2.18. The minimum absolute atomic E-state index is 0.0639. The zero-order chi connectivity index (χ0) is 23.0. The van der Waals surface area contributed by atoms with Gasteiger partial charge in [0.1, 0.15) is 0 Å². The first-order chi connectivity index (χ1) is 15.6. The Morgan fingerprint density at radius 3 is 2.72 bits per heavy atom. The summed E-state index contributed by atoms with van der Waals surface area (Å²) in [4.78, 5) is 11.7. The molecule has 0 aliphatic rings. The number of carbonyl (C=O) groups is 1. The summed E-state index contributed by atoms with van der Waals surface area (Å²) >= 11 is 2.90. The average molecular weight is 479 g/mol. The minimum atomic E-state index is -0.833. The number of thiophene rings is 1. The van der Waals surface area contributed by atoms with E-state index in [0.29, 0.717) is 11.6 Å². The number of aliphatic hydroxyl groups excluding tert-OH is 1. The van der Waals surface area contributed by atoms with Crippen molar-refractivity contribution < 1.29 is 15.0 Å². The van der Waals surface area contributed by atoms with Gasteiger partial charge in [-0.2, -0.15) is 11.8 Å². The maximum Gasteiger partial charge on any atom is 0.304 e. The van der Waals surface area contributed by atoms with E-state index in [2.05, 4.69) is 33.6 Å². The summed E-state index contributed by atoms with van der Waals surface area (Å²) in [6, 6.07) is 1.87. The number of nitrogens with zero attached hydrogens (tertiary/aromatic N) is 3. The highest BCUT2D eigenvalue weighted by molar-refractivity contribution is 8.00. The second-order valence-electron chi connectivity index (χ2n) is 7.64. The highest BCUT2D eigenvalue weighted by Crippen LogP contribution is 2.33. The first-order valence-electron chi connectivity index (χ1n) is 11.3. The summed E-state index contributed by atoms with van der Waals surface area (Å²) in [5.41, 5.74) is 0.769. The third kappa shape index (κ3) is 10.1. The van der Waals surface area contributed by atoms with Gasteiger partial charge < -0.3 is 10.2 Å². The Kier molecular flexibility index (Phi) is 13.0. The topological polar surface area (TPSA) is 112 Å². The molecule has 7 nitrogen and oxygen atoms in total. The van der Waals surface area contributed by atoms with E-state index in [1.807, 2.05) is 29.7 Å².